The Balaban J connectivity index is 1.48. The number of hydrogen-bond donors (Lipinski definition) is 1. The molecule has 0 amide bonds. The Morgan fingerprint density at radius 3 is 2.77 bits per heavy atom. The zero-order chi connectivity index (χ0) is 18.4. The fraction of sp³-hybridized carbons (Fsp3) is 0.400. The third-order valence-electron chi connectivity index (χ3n) is 4.46. The largest absolute Gasteiger partial charge is 0.462 e. The molecular weight excluding hydrogens is 330 g/mol. The minimum atomic E-state index is -0.293. The van der Waals surface area contributed by atoms with Crippen molar-refractivity contribution in [3.05, 3.63) is 53.7 Å². The van der Waals surface area contributed by atoms with Crippen LogP contribution in [0.1, 0.15) is 35.7 Å². The van der Waals surface area contributed by atoms with Crippen molar-refractivity contribution < 1.29 is 14.3 Å². The fourth-order valence-corrected chi connectivity index (χ4v) is 3.05. The SMILES string of the molecule is CCOC(=O)c1cccc(COC2CCN(c3ccc(N)cn3)CC2)c1. The number of nitrogens with zero attached hydrogens (tertiary/aromatic N) is 2. The van der Waals surface area contributed by atoms with Gasteiger partial charge in [-0.2, -0.15) is 0 Å². The molecule has 0 bridgehead atoms. The molecule has 0 unspecified atom stereocenters. The van der Waals surface area contributed by atoms with Crippen molar-refractivity contribution in [1.29, 1.82) is 0 Å². The van der Waals surface area contributed by atoms with Crippen LogP contribution in [0.5, 0.6) is 0 Å². The molecule has 2 aromatic rings. The van der Waals surface area contributed by atoms with E-state index in [2.05, 4.69) is 9.88 Å². The van der Waals surface area contributed by atoms with E-state index in [1.54, 1.807) is 19.2 Å². The van der Waals surface area contributed by atoms with Crippen molar-refractivity contribution in [3.8, 4) is 0 Å². The number of carbonyl (C=O) groups excluding carboxylic acids is 1. The maximum atomic E-state index is 11.8. The molecule has 26 heavy (non-hydrogen) atoms. The van der Waals surface area contributed by atoms with E-state index in [4.69, 9.17) is 15.2 Å². The molecule has 1 aromatic heterocycles. The Kier molecular flexibility index (Phi) is 6.07. The number of nitrogen functional groups attached to an aromatic ring is 1. The van der Waals surface area contributed by atoms with E-state index < -0.39 is 0 Å². The van der Waals surface area contributed by atoms with E-state index in [9.17, 15) is 4.79 Å². The number of benzene rings is 1. The second-order valence-electron chi connectivity index (χ2n) is 6.37. The molecule has 1 saturated heterocycles. The summed E-state index contributed by atoms with van der Waals surface area (Å²) in [4.78, 5) is 18.4. The molecule has 2 heterocycles. The van der Waals surface area contributed by atoms with Crippen molar-refractivity contribution in [2.45, 2.75) is 32.5 Å². The average Bonchev–Trinajstić information content (AvgIpc) is 2.68. The Morgan fingerprint density at radius 1 is 1.27 bits per heavy atom. The molecule has 0 aliphatic carbocycles. The number of carbonyl (C=O) groups is 1. The molecule has 138 valence electrons. The molecule has 6 nitrogen and oxygen atoms in total. The van der Waals surface area contributed by atoms with Gasteiger partial charge in [0.1, 0.15) is 5.82 Å². The minimum absolute atomic E-state index is 0.214. The van der Waals surface area contributed by atoms with Crippen molar-refractivity contribution >= 4 is 17.5 Å². The second kappa shape index (κ2) is 8.67. The van der Waals surface area contributed by atoms with E-state index in [0.29, 0.717) is 24.5 Å². The van der Waals surface area contributed by atoms with E-state index in [0.717, 1.165) is 37.3 Å². The van der Waals surface area contributed by atoms with Crippen molar-refractivity contribution in [3.63, 3.8) is 0 Å². The number of aromatic nitrogens is 1. The first-order valence-corrected chi connectivity index (χ1v) is 9.00. The average molecular weight is 355 g/mol. The van der Waals surface area contributed by atoms with Gasteiger partial charge in [-0.15, -0.1) is 0 Å². The first-order chi connectivity index (χ1) is 12.7. The monoisotopic (exact) mass is 355 g/mol. The van der Waals surface area contributed by atoms with E-state index in [-0.39, 0.29) is 12.1 Å². The summed E-state index contributed by atoms with van der Waals surface area (Å²) in [5, 5.41) is 0. The van der Waals surface area contributed by atoms with Crippen LogP contribution in [0.25, 0.3) is 0 Å². The van der Waals surface area contributed by atoms with Crippen LogP contribution in [0, 0.1) is 0 Å². The number of esters is 1. The standard InChI is InChI=1S/C20H25N3O3/c1-2-25-20(24)16-5-3-4-15(12-16)14-26-18-8-10-23(11-9-18)19-7-6-17(21)13-22-19/h3-7,12-13,18H,2,8-11,14,21H2,1H3. The predicted molar refractivity (Wildman–Crippen MR) is 101 cm³/mol. The summed E-state index contributed by atoms with van der Waals surface area (Å²) in [6, 6.07) is 11.3. The molecule has 0 spiro atoms. The second-order valence-corrected chi connectivity index (χ2v) is 6.37. The Bertz CT molecular complexity index is 725. The maximum absolute atomic E-state index is 11.8. The molecule has 1 aromatic carbocycles. The zero-order valence-electron chi connectivity index (χ0n) is 15.1. The highest BCUT2D eigenvalue weighted by Gasteiger charge is 2.20. The van der Waals surface area contributed by atoms with Gasteiger partial charge in [-0.05, 0) is 49.6 Å². The number of ether oxygens (including phenoxy) is 2. The topological polar surface area (TPSA) is 77.7 Å². The lowest BCUT2D eigenvalue weighted by atomic mass is 10.1. The molecule has 2 N–H and O–H groups in total. The van der Waals surface area contributed by atoms with Gasteiger partial charge < -0.3 is 20.1 Å². The smallest absolute Gasteiger partial charge is 0.338 e. The van der Waals surface area contributed by atoms with Crippen LogP contribution in [0.4, 0.5) is 11.5 Å². The van der Waals surface area contributed by atoms with Gasteiger partial charge in [-0.25, -0.2) is 9.78 Å². The number of pyridine rings is 1. The van der Waals surface area contributed by atoms with E-state index >= 15 is 0 Å². The number of nitrogens with two attached hydrogens (primary N) is 1. The van der Waals surface area contributed by atoms with Gasteiger partial charge in [-0.3, -0.25) is 0 Å². The van der Waals surface area contributed by atoms with Crippen molar-refractivity contribution in [2.24, 2.45) is 0 Å². The number of piperidine rings is 1. The van der Waals surface area contributed by atoms with Crippen LogP contribution >= 0.6 is 0 Å². The summed E-state index contributed by atoms with van der Waals surface area (Å²) < 4.78 is 11.1. The quantitative estimate of drug-likeness (QED) is 0.803. The lowest BCUT2D eigenvalue weighted by Gasteiger charge is -2.32. The van der Waals surface area contributed by atoms with Gasteiger partial charge in [0, 0.05) is 13.1 Å². The molecular formula is C20H25N3O3. The third kappa shape index (κ3) is 4.73. The van der Waals surface area contributed by atoms with Crippen molar-refractivity contribution in [2.75, 3.05) is 30.3 Å². The van der Waals surface area contributed by atoms with Crippen LogP contribution in [-0.2, 0) is 16.1 Å². The lowest BCUT2D eigenvalue weighted by Crippen LogP contribution is -2.37. The highest BCUT2D eigenvalue weighted by molar-refractivity contribution is 5.89. The van der Waals surface area contributed by atoms with Gasteiger partial charge in [0.15, 0.2) is 0 Å². The first kappa shape index (κ1) is 18.2. The van der Waals surface area contributed by atoms with Crippen LogP contribution in [-0.4, -0.2) is 36.8 Å². The van der Waals surface area contributed by atoms with Gasteiger partial charge in [0.25, 0.3) is 0 Å². The highest BCUT2D eigenvalue weighted by atomic mass is 16.5. The fourth-order valence-electron chi connectivity index (χ4n) is 3.05. The lowest BCUT2D eigenvalue weighted by molar-refractivity contribution is 0.0250. The number of hydrogen-bond acceptors (Lipinski definition) is 6. The van der Waals surface area contributed by atoms with Gasteiger partial charge in [0.05, 0.1) is 36.8 Å². The third-order valence-corrected chi connectivity index (χ3v) is 4.46. The number of rotatable bonds is 6. The van der Waals surface area contributed by atoms with Crippen LogP contribution in [0.2, 0.25) is 0 Å². The molecule has 0 saturated carbocycles. The first-order valence-electron chi connectivity index (χ1n) is 9.00. The molecule has 0 atom stereocenters. The maximum Gasteiger partial charge on any atom is 0.338 e. The zero-order valence-corrected chi connectivity index (χ0v) is 15.1. The number of anilines is 2. The summed E-state index contributed by atoms with van der Waals surface area (Å²) in [5.74, 6) is 0.665. The molecule has 1 fully saturated rings. The molecule has 1 aliphatic rings. The summed E-state index contributed by atoms with van der Waals surface area (Å²) in [7, 11) is 0. The molecule has 0 radical (unpaired) electrons. The van der Waals surface area contributed by atoms with Crippen LogP contribution in [0.15, 0.2) is 42.6 Å². The van der Waals surface area contributed by atoms with Gasteiger partial charge in [-0.1, -0.05) is 12.1 Å². The molecule has 3 rings (SSSR count). The molecule has 1 aliphatic heterocycles. The Hall–Kier alpha value is -2.60. The minimum Gasteiger partial charge on any atom is -0.462 e. The van der Waals surface area contributed by atoms with Gasteiger partial charge >= 0.3 is 5.97 Å². The Morgan fingerprint density at radius 2 is 2.08 bits per heavy atom. The van der Waals surface area contributed by atoms with Gasteiger partial charge in [0.2, 0.25) is 0 Å². The van der Waals surface area contributed by atoms with Crippen LogP contribution < -0.4 is 10.6 Å². The summed E-state index contributed by atoms with van der Waals surface area (Å²) in [6.07, 6.45) is 3.80. The molecule has 6 heteroatoms. The van der Waals surface area contributed by atoms with Crippen molar-refractivity contribution in [1.82, 2.24) is 4.98 Å². The predicted octanol–water partition coefficient (Wildman–Crippen LogP) is 3.03. The summed E-state index contributed by atoms with van der Waals surface area (Å²) in [6.45, 7) is 4.49. The Labute approximate surface area is 153 Å². The highest BCUT2D eigenvalue weighted by Crippen LogP contribution is 2.21. The normalized spacial score (nSPS) is 15.0. The van der Waals surface area contributed by atoms with E-state index in [1.807, 2.05) is 30.3 Å². The van der Waals surface area contributed by atoms with E-state index in [1.165, 1.54) is 0 Å². The van der Waals surface area contributed by atoms with Crippen LogP contribution in [0.3, 0.4) is 0 Å². The summed E-state index contributed by atoms with van der Waals surface area (Å²) >= 11 is 0. The summed E-state index contributed by atoms with van der Waals surface area (Å²) in [5.41, 5.74) is 7.92.